The fourth-order valence-electron chi connectivity index (χ4n) is 1.28. The number of thiocarbonyl (C=S) groups is 1. The van der Waals surface area contributed by atoms with Gasteiger partial charge in [0.15, 0.2) is 5.11 Å². The van der Waals surface area contributed by atoms with Crippen LogP contribution < -0.4 is 10.6 Å². The van der Waals surface area contributed by atoms with Gasteiger partial charge in [-0.1, -0.05) is 11.6 Å². The number of nitrogens with one attached hydrogen (secondary N) is 2. The molecule has 0 bridgehead atoms. The summed E-state index contributed by atoms with van der Waals surface area (Å²) in [5, 5.41) is 7.45. The minimum Gasteiger partial charge on any atom is -0.382 e. The summed E-state index contributed by atoms with van der Waals surface area (Å²) < 4.78 is 6.16. The summed E-state index contributed by atoms with van der Waals surface area (Å²) in [6.45, 7) is 4.26. The molecule has 100 valence electrons. The molecule has 18 heavy (non-hydrogen) atoms. The summed E-state index contributed by atoms with van der Waals surface area (Å²) in [5.74, 6) is 0. The van der Waals surface area contributed by atoms with Crippen molar-refractivity contribution in [3.63, 3.8) is 0 Å². The topological polar surface area (TPSA) is 33.3 Å². The van der Waals surface area contributed by atoms with Gasteiger partial charge in [0.1, 0.15) is 0 Å². The lowest BCUT2D eigenvalue weighted by molar-refractivity contribution is 0.146. The summed E-state index contributed by atoms with van der Waals surface area (Å²) in [4.78, 5) is 0. The van der Waals surface area contributed by atoms with Crippen molar-refractivity contribution in [2.75, 3.05) is 25.1 Å². The van der Waals surface area contributed by atoms with E-state index in [4.69, 9.17) is 28.6 Å². The van der Waals surface area contributed by atoms with Gasteiger partial charge in [0.2, 0.25) is 0 Å². The molecule has 1 aromatic carbocycles. The second-order valence-corrected chi connectivity index (χ2v) is 5.25. The standard InChI is InChI=1S/C12H16BrClN2OS/c1-2-17-7-3-6-15-12(18)16-11-8-9(14)4-5-10(11)13/h4-5,8H,2-3,6-7H2,1H3,(H2,15,16,18). The maximum absolute atomic E-state index is 5.92. The first kappa shape index (κ1) is 15.7. The summed E-state index contributed by atoms with van der Waals surface area (Å²) in [5.41, 5.74) is 0.852. The van der Waals surface area contributed by atoms with Gasteiger partial charge >= 0.3 is 0 Å². The van der Waals surface area contributed by atoms with E-state index in [1.807, 2.05) is 25.1 Å². The first-order valence-corrected chi connectivity index (χ1v) is 7.29. The van der Waals surface area contributed by atoms with Gasteiger partial charge in [0.05, 0.1) is 5.69 Å². The first-order chi connectivity index (χ1) is 8.63. The van der Waals surface area contributed by atoms with Crippen LogP contribution in [0.3, 0.4) is 0 Å². The minimum absolute atomic E-state index is 0.578. The molecule has 0 aliphatic carbocycles. The quantitative estimate of drug-likeness (QED) is 0.603. The van der Waals surface area contributed by atoms with Gasteiger partial charge in [0, 0.05) is 29.3 Å². The predicted octanol–water partition coefficient (Wildman–Crippen LogP) is 3.82. The number of hydrogen-bond acceptors (Lipinski definition) is 2. The minimum atomic E-state index is 0.578. The third-order valence-electron chi connectivity index (χ3n) is 2.13. The zero-order chi connectivity index (χ0) is 13.4. The summed E-state index contributed by atoms with van der Waals surface area (Å²) in [7, 11) is 0. The van der Waals surface area contributed by atoms with E-state index >= 15 is 0 Å². The zero-order valence-electron chi connectivity index (χ0n) is 10.1. The highest BCUT2D eigenvalue weighted by Crippen LogP contribution is 2.25. The zero-order valence-corrected chi connectivity index (χ0v) is 13.3. The average molecular weight is 352 g/mol. The van der Waals surface area contributed by atoms with Crippen molar-refractivity contribution in [2.45, 2.75) is 13.3 Å². The van der Waals surface area contributed by atoms with E-state index in [2.05, 4.69) is 26.6 Å². The molecular formula is C12H16BrClN2OS. The van der Waals surface area contributed by atoms with Crippen molar-refractivity contribution in [3.8, 4) is 0 Å². The van der Waals surface area contributed by atoms with Crippen LogP contribution in [-0.4, -0.2) is 24.9 Å². The average Bonchev–Trinajstić information content (AvgIpc) is 2.33. The Morgan fingerprint density at radius 3 is 3.00 bits per heavy atom. The molecule has 0 aromatic heterocycles. The fourth-order valence-corrected chi connectivity index (χ4v) is 2.01. The molecule has 0 aliphatic rings. The van der Waals surface area contributed by atoms with Crippen LogP contribution in [0.4, 0.5) is 5.69 Å². The number of hydrogen-bond donors (Lipinski definition) is 2. The molecule has 6 heteroatoms. The molecule has 0 saturated carbocycles. The predicted molar refractivity (Wildman–Crippen MR) is 84.5 cm³/mol. The maximum Gasteiger partial charge on any atom is 0.170 e. The van der Waals surface area contributed by atoms with Gasteiger partial charge in [-0.05, 0) is 59.7 Å². The highest BCUT2D eigenvalue weighted by atomic mass is 79.9. The SMILES string of the molecule is CCOCCCNC(=S)Nc1cc(Cl)ccc1Br. The summed E-state index contributed by atoms with van der Waals surface area (Å²) >= 11 is 14.5. The van der Waals surface area contributed by atoms with Crippen molar-refractivity contribution in [3.05, 3.63) is 27.7 Å². The van der Waals surface area contributed by atoms with Gasteiger partial charge in [-0.3, -0.25) is 0 Å². The Morgan fingerprint density at radius 2 is 2.28 bits per heavy atom. The smallest absolute Gasteiger partial charge is 0.170 e. The van der Waals surface area contributed by atoms with E-state index in [0.717, 1.165) is 36.3 Å². The van der Waals surface area contributed by atoms with Crippen LogP contribution in [0.15, 0.2) is 22.7 Å². The van der Waals surface area contributed by atoms with E-state index in [9.17, 15) is 0 Å². The van der Waals surface area contributed by atoms with E-state index in [1.54, 1.807) is 0 Å². The van der Waals surface area contributed by atoms with Crippen molar-refractivity contribution in [1.29, 1.82) is 0 Å². The number of benzene rings is 1. The molecule has 2 N–H and O–H groups in total. The lowest BCUT2D eigenvalue weighted by Crippen LogP contribution is -2.29. The van der Waals surface area contributed by atoms with Crippen LogP contribution in [0.5, 0.6) is 0 Å². The Bertz CT molecular complexity index is 404. The molecule has 0 spiro atoms. The molecule has 0 aliphatic heterocycles. The van der Waals surface area contributed by atoms with Crippen LogP contribution in [0, 0.1) is 0 Å². The Kier molecular flexibility index (Phi) is 7.58. The van der Waals surface area contributed by atoms with Crippen LogP contribution in [0.1, 0.15) is 13.3 Å². The largest absolute Gasteiger partial charge is 0.382 e. The second kappa shape index (κ2) is 8.69. The van der Waals surface area contributed by atoms with Gasteiger partial charge in [0.25, 0.3) is 0 Å². The molecule has 0 saturated heterocycles. The monoisotopic (exact) mass is 350 g/mol. The molecule has 0 heterocycles. The van der Waals surface area contributed by atoms with Gasteiger partial charge in [-0.15, -0.1) is 0 Å². The molecule has 0 atom stereocenters. The van der Waals surface area contributed by atoms with E-state index in [0.29, 0.717) is 10.1 Å². The van der Waals surface area contributed by atoms with E-state index < -0.39 is 0 Å². The van der Waals surface area contributed by atoms with Crippen molar-refractivity contribution >= 4 is 50.5 Å². The molecular weight excluding hydrogens is 336 g/mol. The van der Waals surface area contributed by atoms with Crippen molar-refractivity contribution in [2.24, 2.45) is 0 Å². The summed E-state index contributed by atoms with van der Waals surface area (Å²) in [6, 6.07) is 5.51. The van der Waals surface area contributed by atoms with Crippen molar-refractivity contribution in [1.82, 2.24) is 5.32 Å². The Hall–Kier alpha value is -0.360. The fraction of sp³-hybridized carbons (Fsp3) is 0.417. The highest BCUT2D eigenvalue weighted by Gasteiger charge is 2.02. The first-order valence-electron chi connectivity index (χ1n) is 5.71. The van der Waals surface area contributed by atoms with Gasteiger partial charge in [-0.2, -0.15) is 0 Å². The van der Waals surface area contributed by atoms with E-state index in [-0.39, 0.29) is 0 Å². The molecule has 0 unspecified atom stereocenters. The molecule has 0 fully saturated rings. The van der Waals surface area contributed by atoms with Crippen LogP contribution in [0.25, 0.3) is 0 Å². The number of rotatable bonds is 6. The Morgan fingerprint density at radius 1 is 1.50 bits per heavy atom. The molecule has 0 radical (unpaired) electrons. The van der Waals surface area contributed by atoms with Crippen LogP contribution >= 0.6 is 39.7 Å². The molecule has 3 nitrogen and oxygen atoms in total. The maximum atomic E-state index is 5.92. The third-order valence-corrected chi connectivity index (χ3v) is 3.30. The lowest BCUT2D eigenvalue weighted by Gasteiger charge is -2.12. The summed E-state index contributed by atoms with van der Waals surface area (Å²) in [6.07, 6.45) is 0.923. The van der Waals surface area contributed by atoms with Crippen molar-refractivity contribution < 1.29 is 4.74 Å². The van der Waals surface area contributed by atoms with Crippen LogP contribution in [-0.2, 0) is 4.74 Å². The molecule has 0 amide bonds. The highest BCUT2D eigenvalue weighted by molar-refractivity contribution is 9.10. The van der Waals surface area contributed by atoms with Crippen LogP contribution in [0.2, 0.25) is 5.02 Å². The molecule has 1 aromatic rings. The number of halogens is 2. The lowest BCUT2D eigenvalue weighted by atomic mass is 10.3. The van der Waals surface area contributed by atoms with E-state index in [1.165, 1.54) is 0 Å². The third kappa shape index (κ3) is 6.00. The Labute approximate surface area is 126 Å². The normalized spacial score (nSPS) is 10.2. The Balaban J connectivity index is 2.33. The number of anilines is 1. The van der Waals surface area contributed by atoms with Gasteiger partial charge < -0.3 is 15.4 Å². The van der Waals surface area contributed by atoms with Gasteiger partial charge in [-0.25, -0.2) is 0 Å². The molecule has 1 rings (SSSR count). The number of ether oxygens (including phenoxy) is 1. The second-order valence-electron chi connectivity index (χ2n) is 3.56.